The molecule has 48 heavy (non-hydrogen) atoms. The summed E-state index contributed by atoms with van der Waals surface area (Å²) < 4.78 is 35.9. The van der Waals surface area contributed by atoms with E-state index in [0.29, 0.717) is 12.8 Å². The first kappa shape index (κ1) is 33.6. The molecular weight excluding hydrogens is 628 g/mol. The molecule has 1 spiro atoms. The fourth-order valence-electron chi connectivity index (χ4n) is 11.6. The number of Topliss-reactive ketones (excluding diaryl/α,β-unsaturated/α-hetero) is 1. The van der Waals surface area contributed by atoms with Crippen molar-refractivity contribution < 1.29 is 62.6 Å². The molecule has 4 saturated carbocycles. The number of carbonyl (C=O) groups is 4. The van der Waals surface area contributed by atoms with Crippen molar-refractivity contribution in [2.75, 3.05) is 6.61 Å². The van der Waals surface area contributed by atoms with Gasteiger partial charge in [-0.05, 0) is 43.7 Å². The Labute approximate surface area is 278 Å². The van der Waals surface area contributed by atoms with Crippen LogP contribution in [0.3, 0.4) is 0 Å². The van der Waals surface area contributed by atoms with Crippen molar-refractivity contribution in [3.63, 3.8) is 0 Å². The van der Waals surface area contributed by atoms with Crippen molar-refractivity contribution in [2.24, 2.45) is 39.4 Å². The summed E-state index contributed by atoms with van der Waals surface area (Å²) >= 11 is 0. The van der Waals surface area contributed by atoms with Crippen molar-refractivity contribution in [3.05, 3.63) is 24.2 Å². The van der Waals surface area contributed by atoms with Crippen LogP contribution >= 0.6 is 0 Å². The Morgan fingerprint density at radius 1 is 1.02 bits per heavy atom. The molecule has 0 radical (unpaired) electrons. The zero-order valence-corrected chi connectivity index (χ0v) is 28.3. The maximum atomic E-state index is 15.0. The van der Waals surface area contributed by atoms with E-state index in [1.54, 1.807) is 33.1 Å². The number of fused-ring (bicyclic) bond motifs is 1. The summed E-state index contributed by atoms with van der Waals surface area (Å²) in [5.74, 6) is -5.68. The molecule has 0 aromatic carbocycles. The molecule has 4 aliphatic carbocycles. The van der Waals surface area contributed by atoms with Gasteiger partial charge in [0.1, 0.15) is 17.8 Å². The summed E-state index contributed by atoms with van der Waals surface area (Å²) in [6, 6.07) is 1.80. The number of hydrogen-bond donors (Lipinski definition) is 3. The van der Waals surface area contributed by atoms with Gasteiger partial charge in [0.15, 0.2) is 18.0 Å². The summed E-state index contributed by atoms with van der Waals surface area (Å²) in [5.41, 5.74) is -6.04. The Bertz CT molecular complexity index is 1530. The van der Waals surface area contributed by atoms with Crippen LogP contribution in [-0.2, 0) is 42.9 Å². The third-order valence-electron chi connectivity index (χ3n) is 13.9. The molecule has 0 amide bonds. The molecule has 2 saturated heterocycles. The lowest BCUT2D eigenvalue weighted by atomic mass is 9.33. The normalized spacial score (nSPS) is 50.6. The lowest BCUT2D eigenvalue weighted by molar-refractivity contribution is -0.391. The van der Waals surface area contributed by atoms with E-state index in [4.69, 9.17) is 28.1 Å². The lowest BCUT2D eigenvalue weighted by Gasteiger charge is -2.73. The van der Waals surface area contributed by atoms with Gasteiger partial charge in [-0.2, -0.15) is 0 Å². The highest BCUT2D eigenvalue weighted by Crippen LogP contribution is 2.82. The van der Waals surface area contributed by atoms with Gasteiger partial charge in [0.2, 0.25) is 6.29 Å². The molecular formula is C35H46O13. The van der Waals surface area contributed by atoms with Crippen molar-refractivity contribution in [2.45, 2.75) is 122 Å². The number of carbonyl (C=O) groups excluding carboxylic acids is 4. The summed E-state index contributed by atoms with van der Waals surface area (Å²) in [6.45, 7) is 10.8. The van der Waals surface area contributed by atoms with Crippen LogP contribution in [0.15, 0.2) is 23.0 Å². The third-order valence-corrected chi connectivity index (χ3v) is 13.9. The number of furan rings is 1. The molecule has 264 valence electrons. The van der Waals surface area contributed by atoms with Gasteiger partial charge >= 0.3 is 17.9 Å². The molecule has 6 aliphatic rings. The summed E-state index contributed by atoms with van der Waals surface area (Å²) in [5, 5.41) is 37.2. The maximum Gasteiger partial charge on any atom is 0.310 e. The maximum absolute atomic E-state index is 15.0. The molecule has 13 heteroatoms. The van der Waals surface area contributed by atoms with Crippen LogP contribution < -0.4 is 0 Å². The van der Waals surface area contributed by atoms with Crippen LogP contribution in [0.25, 0.3) is 0 Å². The largest absolute Gasteiger partial charge is 0.472 e. The zero-order valence-electron chi connectivity index (χ0n) is 28.3. The van der Waals surface area contributed by atoms with E-state index in [9.17, 15) is 29.7 Å². The van der Waals surface area contributed by atoms with E-state index in [0.717, 1.165) is 12.5 Å². The number of ether oxygens (including phenoxy) is 5. The van der Waals surface area contributed by atoms with Gasteiger partial charge in [-0.3, -0.25) is 19.2 Å². The Hall–Kier alpha value is -2.84. The second-order valence-electron chi connectivity index (χ2n) is 15.7. The first-order valence-corrected chi connectivity index (χ1v) is 16.9. The van der Waals surface area contributed by atoms with Crippen LogP contribution in [0, 0.1) is 39.4 Å². The van der Waals surface area contributed by atoms with Crippen molar-refractivity contribution in [1.29, 1.82) is 0 Å². The van der Waals surface area contributed by atoms with Gasteiger partial charge in [0.25, 0.3) is 0 Å². The van der Waals surface area contributed by atoms with Gasteiger partial charge in [0.05, 0.1) is 42.7 Å². The second-order valence-corrected chi connectivity index (χ2v) is 15.7. The van der Waals surface area contributed by atoms with E-state index in [1.807, 2.05) is 13.8 Å². The molecule has 16 atom stereocenters. The monoisotopic (exact) mass is 674 g/mol. The summed E-state index contributed by atoms with van der Waals surface area (Å²) in [7, 11) is 0. The van der Waals surface area contributed by atoms with E-state index in [1.165, 1.54) is 13.2 Å². The van der Waals surface area contributed by atoms with Crippen LogP contribution in [0.2, 0.25) is 0 Å². The molecule has 1 aromatic heterocycles. The fraction of sp³-hybridized carbons (Fsp3) is 0.771. The Morgan fingerprint density at radius 2 is 1.71 bits per heavy atom. The highest BCUT2D eigenvalue weighted by molar-refractivity contribution is 5.91. The predicted octanol–water partition coefficient (Wildman–Crippen LogP) is 2.03. The minimum Gasteiger partial charge on any atom is -0.472 e. The number of aliphatic hydroxyl groups excluding tert-OH is 3. The van der Waals surface area contributed by atoms with E-state index in [2.05, 4.69) is 0 Å². The van der Waals surface area contributed by atoms with Gasteiger partial charge in [-0.15, -0.1) is 0 Å². The molecule has 2 bridgehead atoms. The number of aliphatic hydroxyl groups is 3. The van der Waals surface area contributed by atoms with E-state index in [-0.39, 0.29) is 18.9 Å². The highest BCUT2D eigenvalue weighted by Gasteiger charge is 2.92. The van der Waals surface area contributed by atoms with E-state index >= 15 is 4.79 Å². The molecule has 2 aliphatic heterocycles. The topological polar surface area (TPSA) is 192 Å². The predicted molar refractivity (Wildman–Crippen MR) is 161 cm³/mol. The van der Waals surface area contributed by atoms with Gasteiger partial charge in [-0.25, -0.2) is 0 Å². The van der Waals surface area contributed by atoms with Crippen molar-refractivity contribution in [3.8, 4) is 0 Å². The average molecular weight is 675 g/mol. The quantitative estimate of drug-likeness (QED) is 0.226. The fourth-order valence-corrected chi connectivity index (χ4v) is 11.6. The Balaban J connectivity index is 1.42. The van der Waals surface area contributed by atoms with Crippen LogP contribution in [0.1, 0.15) is 79.2 Å². The molecule has 3 heterocycles. The SMILES string of the molecule is CC[C@@H](C)C(=O)O[C@H]1OC[C@@]23C4C(=O)[C@H](O)[C@@]5(C)[C@H](c6ccoc6)C[C@H]6O[C@]65[C@]4(C)[C@H](O)C[C@H]2[C@]1(C)[C@H](OC(C)=O)[C@H](OC(C)=O)[C@@H]3O. The number of ketones is 1. The number of hydrogen-bond acceptors (Lipinski definition) is 13. The van der Waals surface area contributed by atoms with E-state index < -0.39 is 112 Å². The molecule has 1 unspecified atom stereocenters. The first-order chi connectivity index (χ1) is 22.5. The Kier molecular flexibility index (Phi) is 7.42. The lowest BCUT2D eigenvalue weighted by Crippen LogP contribution is -2.84. The molecule has 6 fully saturated rings. The Morgan fingerprint density at radius 3 is 2.31 bits per heavy atom. The molecule has 3 N–H and O–H groups in total. The summed E-state index contributed by atoms with van der Waals surface area (Å²) in [6.07, 6.45) is -5.09. The molecule has 13 nitrogen and oxygen atoms in total. The van der Waals surface area contributed by atoms with Gasteiger partial charge in [-0.1, -0.05) is 27.7 Å². The van der Waals surface area contributed by atoms with Gasteiger partial charge in [0, 0.05) is 41.9 Å². The molecule has 7 rings (SSSR count). The van der Waals surface area contributed by atoms with Gasteiger partial charge < -0.3 is 43.4 Å². The minimum absolute atomic E-state index is 0.0283. The first-order valence-electron chi connectivity index (χ1n) is 16.9. The van der Waals surface area contributed by atoms with Crippen molar-refractivity contribution in [1.82, 2.24) is 0 Å². The van der Waals surface area contributed by atoms with Crippen LogP contribution in [0.4, 0.5) is 0 Å². The number of epoxide rings is 1. The smallest absolute Gasteiger partial charge is 0.310 e. The van der Waals surface area contributed by atoms with Crippen LogP contribution in [-0.4, -0.2) is 94.1 Å². The minimum atomic E-state index is -1.66. The van der Waals surface area contributed by atoms with Crippen molar-refractivity contribution >= 4 is 23.7 Å². The third kappa shape index (κ3) is 3.74. The number of esters is 3. The number of rotatable bonds is 6. The summed E-state index contributed by atoms with van der Waals surface area (Å²) in [4.78, 5) is 53.5. The average Bonchev–Trinajstić information content (AvgIpc) is 3.39. The highest BCUT2D eigenvalue weighted by atomic mass is 16.7. The van der Waals surface area contributed by atoms with Crippen LogP contribution in [0.5, 0.6) is 0 Å². The standard InChI is InChI=1S/C35H46O13/c1-8-15(2)29(42)47-30-31(5)20-12-21(38)33(7)25(34(20,14-44-30)27(41)24(45-16(3)36)28(31)46-17(4)37)23(39)26(40)32(6)19(18-9-10-43-13-18)11-22-35(32,33)48-22/h9-10,13,15,19-22,24-28,30,38,40-41H,8,11-12,14H2,1-7H3/t15-,19+,20+,21-,22-,24-,25?,26+,27+,28-,30-,31-,32-,33-,34+,35-/m1/s1. The molecule has 1 aromatic rings. The zero-order chi connectivity index (χ0) is 34.9. The second kappa shape index (κ2) is 10.6.